The molecule has 0 aromatic carbocycles. The Morgan fingerprint density at radius 3 is 2.95 bits per heavy atom. The summed E-state index contributed by atoms with van der Waals surface area (Å²) in [4.78, 5) is 36.3. The lowest BCUT2D eigenvalue weighted by Crippen LogP contribution is -2.17. The maximum Gasteiger partial charge on any atom is 0.374 e. The molecule has 0 atom stereocenters. The van der Waals surface area contributed by atoms with Crippen LogP contribution in [0.2, 0.25) is 0 Å². The molecule has 0 saturated carbocycles. The number of pyridine rings is 1. The van der Waals surface area contributed by atoms with Gasteiger partial charge in [0.2, 0.25) is 5.82 Å². The van der Waals surface area contributed by atoms with Gasteiger partial charge in [-0.2, -0.15) is 4.98 Å². The van der Waals surface area contributed by atoms with Crippen LogP contribution in [0.5, 0.6) is 0 Å². The van der Waals surface area contributed by atoms with Gasteiger partial charge in [0.25, 0.3) is 5.56 Å². The first-order valence-electron chi connectivity index (χ1n) is 6.72. The first-order chi connectivity index (χ1) is 10.6. The third-order valence-electron chi connectivity index (χ3n) is 3.20. The molecule has 3 heterocycles. The van der Waals surface area contributed by atoms with Gasteiger partial charge in [0.15, 0.2) is 0 Å². The van der Waals surface area contributed by atoms with Crippen LogP contribution in [0, 0.1) is 6.92 Å². The highest BCUT2D eigenvalue weighted by Gasteiger charge is 2.18. The number of carbonyl (C=O) groups excluding carboxylic acids is 1. The van der Waals surface area contributed by atoms with Crippen molar-refractivity contribution in [2.45, 2.75) is 13.8 Å². The van der Waals surface area contributed by atoms with Gasteiger partial charge in [-0.1, -0.05) is 6.07 Å². The number of aromatic amines is 1. The molecule has 0 radical (unpaired) electrons. The van der Waals surface area contributed by atoms with Gasteiger partial charge in [-0.15, -0.1) is 11.3 Å². The van der Waals surface area contributed by atoms with Crippen LogP contribution in [0.15, 0.2) is 29.3 Å². The maximum atomic E-state index is 12.2. The van der Waals surface area contributed by atoms with Crippen molar-refractivity contribution in [1.82, 2.24) is 15.0 Å². The molecule has 0 spiro atoms. The number of hydrogen-bond donors (Lipinski definition) is 1. The number of aromatic nitrogens is 3. The molecule has 0 aliphatic rings. The van der Waals surface area contributed by atoms with Crippen molar-refractivity contribution in [3.63, 3.8) is 0 Å². The number of hydrogen-bond acceptors (Lipinski definition) is 6. The second kappa shape index (κ2) is 5.69. The Hall–Kier alpha value is -2.54. The maximum absolute atomic E-state index is 12.2. The third kappa shape index (κ3) is 2.39. The SMILES string of the molecule is CCOC(=O)c1nc(=O)c2c(C)c(-c3cccnc3)sc2[nH]1. The molecule has 1 N–H and O–H groups in total. The molecule has 0 amide bonds. The second-order valence-corrected chi connectivity index (χ2v) is 5.63. The number of fused-ring (bicyclic) bond motifs is 1. The Bertz CT molecular complexity index is 900. The number of H-pyrrole nitrogens is 1. The van der Waals surface area contributed by atoms with Crippen molar-refractivity contribution >= 4 is 27.5 Å². The Labute approximate surface area is 129 Å². The Morgan fingerprint density at radius 1 is 1.45 bits per heavy atom. The molecule has 22 heavy (non-hydrogen) atoms. The van der Waals surface area contributed by atoms with E-state index in [-0.39, 0.29) is 12.4 Å². The van der Waals surface area contributed by atoms with E-state index in [1.165, 1.54) is 11.3 Å². The van der Waals surface area contributed by atoms with Crippen LogP contribution in [0.3, 0.4) is 0 Å². The Kier molecular flexibility index (Phi) is 3.72. The molecule has 0 aliphatic heterocycles. The Morgan fingerprint density at radius 2 is 2.27 bits per heavy atom. The fourth-order valence-electron chi connectivity index (χ4n) is 2.22. The minimum atomic E-state index is -0.629. The molecule has 3 aromatic heterocycles. The molecule has 0 bridgehead atoms. The lowest BCUT2D eigenvalue weighted by Gasteiger charge is -2.00. The van der Waals surface area contributed by atoms with Crippen molar-refractivity contribution < 1.29 is 9.53 Å². The van der Waals surface area contributed by atoms with Crippen LogP contribution in [-0.4, -0.2) is 27.5 Å². The van der Waals surface area contributed by atoms with Crippen LogP contribution in [-0.2, 0) is 4.74 Å². The smallest absolute Gasteiger partial charge is 0.374 e. The van der Waals surface area contributed by atoms with Crippen LogP contribution in [0.25, 0.3) is 20.7 Å². The van der Waals surface area contributed by atoms with E-state index in [1.807, 2.05) is 19.1 Å². The van der Waals surface area contributed by atoms with Gasteiger partial charge in [0.1, 0.15) is 4.83 Å². The molecule has 0 aliphatic carbocycles. The molecular weight excluding hydrogens is 302 g/mol. The lowest BCUT2D eigenvalue weighted by molar-refractivity contribution is 0.0512. The van der Waals surface area contributed by atoms with E-state index < -0.39 is 11.5 Å². The number of thiophene rings is 1. The van der Waals surface area contributed by atoms with Crippen LogP contribution >= 0.6 is 11.3 Å². The summed E-state index contributed by atoms with van der Waals surface area (Å²) in [6, 6.07) is 3.76. The molecule has 112 valence electrons. The lowest BCUT2D eigenvalue weighted by atomic mass is 10.1. The summed E-state index contributed by atoms with van der Waals surface area (Å²) >= 11 is 1.40. The van der Waals surface area contributed by atoms with E-state index in [1.54, 1.807) is 19.3 Å². The molecule has 0 fully saturated rings. The summed E-state index contributed by atoms with van der Waals surface area (Å²) in [5.74, 6) is -0.700. The first kappa shape index (κ1) is 14.4. The fourth-order valence-corrected chi connectivity index (χ4v) is 3.41. The van der Waals surface area contributed by atoms with Gasteiger partial charge < -0.3 is 9.72 Å². The fraction of sp³-hybridized carbons (Fsp3) is 0.200. The first-order valence-corrected chi connectivity index (χ1v) is 7.54. The van der Waals surface area contributed by atoms with Crippen molar-refractivity contribution in [3.05, 3.63) is 46.3 Å². The van der Waals surface area contributed by atoms with Gasteiger partial charge >= 0.3 is 5.97 Å². The van der Waals surface area contributed by atoms with Crippen LogP contribution in [0.4, 0.5) is 0 Å². The monoisotopic (exact) mass is 315 g/mol. The number of rotatable bonds is 3. The number of nitrogens with zero attached hydrogens (tertiary/aromatic N) is 2. The highest BCUT2D eigenvalue weighted by atomic mass is 32.1. The standard InChI is InChI=1S/C15H13N3O3S/c1-3-21-15(20)12-17-13(19)10-8(2)11(22-14(10)18-12)9-5-4-6-16-7-9/h4-7H,3H2,1-2H3,(H,17,18,19). The summed E-state index contributed by atoms with van der Waals surface area (Å²) in [6.45, 7) is 3.79. The molecule has 0 saturated heterocycles. The number of carbonyl (C=O) groups is 1. The predicted molar refractivity (Wildman–Crippen MR) is 84.2 cm³/mol. The number of esters is 1. The number of ether oxygens (including phenoxy) is 1. The van der Waals surface area contributed by atoms with E-state index in [4.69, 9.17) is 4.74 Å². The summed E-state index contributed by atoms with van der Waals surface area (Å²) < 4.78 is 4.88. The molecule has 6 nitrogen and oxygen atoms in total. The van der Waals surface area contributed by atoms with E-state index in [2.05, 4.69) is 15.0 Å². The highest BCUT2D eigenvalue weighted by molar-refractivity contribution is 7.22. The average molecular weight is 315 g/mol. The summed E-state index contributed by atoms with van der Waals surface area (Å²) in [5, 5.41) is 0.497. The van der Waals surface area contributed by atoms with Gasteiger partial charge in [-0.25, -0.2) is 4.79 Å². The molecule has 0 unspecified atom stereocenters. The topological polar surface area (TPSA) is 84.9 Å². The minimum absolute atomic E-state index is 0.0710. The zero-order valence-corrected chi connectivity index (χ0v) is 12.9. The van der Waals surface area contributed by atoms with Crippen molar-refractivity contribution in [2.75, 3.05) is 6.61 Å². The van der Waals surface area contributed by atoms with E-state index in [0.29, 0.717) is 10.2 Å². The second-order valence-electron chi connectivity index (χ2n) is 4.61. The quantitative estimate of drug-likeness (QED) is 0.751. The summed E-state index contributed by atoms with van der Waals surface area (Å²) in [5.41, 5.74) is 1.32. The summed E-state index contributed by atoms with van der Waals surface area (Å²) in [7, 11) is 0. The zero-order valence-electron chi connectivity index (χ0n) is 12.0. The van der Waals surface area contributed by atoms with Crippen molar-refractivity contribution in [3.8, 4) is 10.4 Å². The molecule has 3 rings (SSSR count). The largest absolute Gasteiger partial charge is 0.460 e. The van der Waals surface area contributed by atoms with Crippen molar-refractivity contribution in [1.29, 1.82) is 0 Å². The Balaban J connectivity index is 2.20. The van der Waals surface area contributed by atoms with Gasteiger partial charge in [-0.3, -0.25) is 9.78 Å². The van der Waals surface area contributed by atoms with Crippen LogP contribution in [0.1, 0.15) is 23.1 Å². The minimum Gasteiger partial charge on any atom is -0.460 e. The highest BCUT2D eigenvalue weighted by Crippen LogP contribution is 2.35. The van der Waals surface area contributed by atoms with Gasteiger partial charge in [0.05, 0.1) is 12.0 Å². The predicted octanol–water partition coefficient (Wildman–Crippen LogP) is 2.53. The molecule has 7 heteroatoms. The zero-order chi connectivity index (χ0) is 15.7. The van der Waals surface area contributed by atoms with E-state index >= 15 is 0 Å². The van der Waals surface area contributed by atoms with Crippen LogP contribution < -0.4 is 5.56 Å². The normalized spacial score (nSPS) is 10.8. The van der Waals surface area contributed by atoms with Crippen molar-refractivity contribution in [2.24, 2.45) is 0 Å². The van der Waals surface area contributed by atoms with E-state index in [9.17, 15) is 9.59 Å². The summed E-state index contributed by atoms with van der Waals surface area (Å²) in [6.07, 6.45) is 3.43. The number of aryl methyl sites for hydroxylation is 1. The average Bonchev–Trinajstić information content (AvgIpc) is 2.86. The van der Waals surface area contributed by atoms with Gasteiger partial charge in [-0.05, 0) is 25.5 Å². The van der Waals surface area contributed by atoms with Gasteiger partial charge in [0, 0.05) is 22.8 Å². The van der Waals surface area contributed by atoms with E-state index in [0.717, 1.165) is 16.0 Å². The number of nitrogens with one attached hydrogen (secondary N) is 1. The molecule has 3 aromatic rings. The molecular formula is C15H13N3O3S. The third-order valence-corrected chi connectivity index (χ3v) is 4.45.